The molecule has 0 N–H and O–H groups in total. The third kappa shape index (κ3) is 5.06. The van der Waals surface area contributed by atoms with Crippen molar-refractivity contribution in [3.63, 3.8) is 0 Å². The van der Waals surface area contributed by atoms with Crippen LogP contribution in [0.3, 0.4) is 0 Å². The third-order valence-electron chi connectivity index (χ3n) is 2.15. The fraction of sp³-hybridized carbons (Fsp3) is 1.00. The topological polar surface area (TPSA) is 0 Å². The Bertz CT molecular complexity index is 393. The van der Waals surface area contributed by atoms with Crippen molar-refractivity contribution in [2.45, 2.75) is 44.4 Å². The predicted octanol–water partition coefficient (Wildman–Crippen LogP) is 6.36. The Morgan fingerprint density at radius 1 is 0.545 bits per heavy atom. The van der Waals surface area contributed by atoms with Crippen molar-refractivity contribution in [1.29, 1.82) is 0 Å². The molecule has 0 amide bonds. The van der Waals surface area contributed by atoms with Crippen LogP contribution in [0.4, 0.5) is 52.7 Å². The summed E-state index contributed by atoms with van der Waals surface area (Å²) in [5.41, 5.74) is 0. The standard InChI is InChI=1S/C8H4F12I2/c9-3(10,2-5(13,14)21)1-4(11,12)6(15,16)7(17,18)8(19,20)22/h1-2H2. The Hall–Kier alpha value is 0.620. The van der Waals surface area contributed by atoms with Crippen LogP contribution in [0.1, 0.15) is 12.8 Å². The molecule has 0 fully saturated rings. The molecule has 0 atom stereocenters. The Balaban J connectivity index is 5.55. The molecule has 14 heteroatoms. The molecule has 0 aliphatic heterocycles. The van der Waals surface area contributed by atoms with E-state index in [1.807, 2.05) is 0 Å². The smallest absolute Gasteiger partial charge is 0.206 e. The average molecular weight is 582 g/mol. The van der Waals surface area contributed by atoms with Gasteiger partial charge in [-0.2, -0.15) is 43.9 Å². The van der Waals surface area contributed by atoms with Crippen molar-refractivity contribution in [2.75, 3.05) is 0 Å². The van der Waals surface area contributed by atoms with Gasteiger partial charge in [-0.3, -0.25) is 0 Å². The van der Waals surface area contributed by atoms with Crippen LogP contribution in [0.2, 0.25) is 0 Å². The molecule has 0 aliphatic rings. The van der Waals surface area contributed by atoms with Gasteiger partial charge in [0.05, 0.1) is 12.8 Å². The predicted molar refractivity (Wildman–Crippen MR) is 67.0 cm³/mol. The molecule has 0 aromatic rings. The number of hydrogen-bond donors (Lipinski definition) is 0. The minimum atomic E-state index is -6.89. The zero-order valence-electron chi connectivity index (χ0n) is 9.71. The quantitative estimate of drug-likeness (QED) is 0.186. The summed E-state index contributed by atoms with van der Waals surface area (Å²) in [6.07, 6.45) is -6.10. The lowest BCUT2D eigenvalue weighted by Crippen LogP contribution is -2.61. The molecular formula is C8H4F12I2. The molecule has 0 aliphatic carbocycles. The Morgan fingerprint density at radius 3 is 1.18 bits per heavy atom. The number of rotatable bonds is 7. The molecular weight excluding hydrogens is 578 g/mol. The van der Waals surface area contributed by atoms with Gasteiger partial charge >= 0.3 is 25.6 Å². The number of alkyl halides is 14. The highest BCUT2D eigenvalue weighted by Gasteiger charge is 2.80. The Labute approximate surface area is 142 Å². The highest BCUT2D eigenvalue weighted by atomic mass is 127. The van der Waals surface area contributed by atoms with Gasteiger partial charge in [0.25, 0.3) is 5.92 Å². The summed E-state index contributed by atoms with van der Waals surface area (Å²) in [5.74, 6) is -25.1. The lowest BCUT2D eigenvalue weighted by molar-refractivity contribution is -0.352. The molecule has 0 radical (unpaired) electrons. The largest absolute Gasteiger partial charge is 0.387 e. The van der Waals surface area contributed by atoms with Gasteiger partial charge in [0.1, 0.15) is 0 Å². The Morgan fingerprint density at radius 2 is 0.909 bits per heavy atom. The molecule has 0 aromatic carbocycles. The fourth-order valence-corrected chi connectivity index (χ4v) is 2.10. The second-order valence-corrected chi connectivity index (χ2v) is 7.11. The summed E-state index contributed by atoms with van der Waals surface area (Å²) < 4.78 is 142. The maximum absolute atomic E-state index is 13.0. The van der Waals surface area contributed by atoms with Gasteiger partial charge in [-0.15, -0.1) is 0 Å². The van der Waals surface area contributed by atoms with Gasteiger partial charge in [-0.05, 0) is 22.6 Å². The molecule has 0 rings (SSSR count). The Kier molecular flexibility index (Phi) is 6.34. The van der Waals surface area contributed by atoms with E-state index in [2.05, 4.69) is 0 Å². The third-order valence-corrected chi connectivity index (χ3v) is 3.21. The van der Waals surface area contributed by atoms with E-state index < -0.39 is 67.0 Å². The van der Waals surface area contributed by atoms with Gasteiger partial charge in [-0.1, -0.05) is 0 Å². The van der Waals surface area contributed by atoms with Crippen molar-refractivity contribution in [3.05, 3.63) is 0 Å². The second-order valence-electron chi connectivity index (χ2n) is 4.18. The van der Waals surface area contributed by atoms with Gasteiger partial charge in [0.15, 0.2) is 0 Å². The van der Waals surface area contributed by atoms with E-state index in [-0.39, 0.29) is 22.6 Å². The molecule has 0 saturated heterocycles. The first-order chi connectivity index (χ1) is 9.16. The fourth-order valence-electron chi connectivity index (χ4n) is 1.20. The van der Waals surface area contributed by atoms with Crippen LogP contribution in [0, 0.1) is 0 Å². The van der Waals surface area contributed by atoms with Crippen molar-refractivity contribution in [1.82, 2.24) is 0 Å². The van der Waals surface area contributed by atoms with Crippen LogP contribution < -0.4 is 0 Å². The SMILES string of the molecule is FC(F)(I)CC(F)(F)CC(F)(F)C(F)(F)C(F)(F)C(F)(F)I. The van der Waals surface area contributed by atoms with Crippen molar-refractivity contribution in [3.8, 4) is 0 Å². The molecule has 22 heavy (non-hydrogen) atoms. The van der Waals surface area contributed by atoms with E-state index >= 15 is 0 Å². The van der Waals surface area contributed by atoms with Crippen molar-refractivity contribution >= 4 is 45.2 Å². The summed E-state index contributed by atoms with van der Waals surface area (Å²) in [5, 5.41) is 0. The first-order valence-electron chi connectivity index (χ1n) is 4.81. The van der Waals surface area contributed by atoms with Gasteiger partial charge in [0.2, 0.25) is 0 Å². The molecule has 0 heterocycles. The number of hydrogen-bond acceptors (Lipinski definition) is 0. The monoisotopic (exact) mass is 582 g/mol. The van der Waals surface area contributed by atoms with Crippen LogP contribution in [0.5, 0.6) is 0 Å². The summed E-state index contributed by atoms with van der Waals surface area (Å²) >= 11 is -0.473. The van der Waals surface area contributed by atoms with Crippen molar-refractivity contribution < 1.29 is 52.7 Å². The van der Waals surface area contributed by atoms with Crippen LogP contribution in [0.15, 0.2) is 0 Å². The zero-order chi connectivity index (χ0) is 18.4. The molecule has 0 bridgehead atoms. The van der Waals surface area contributed by atoms with Gasteiger partial charge < -0.3 is 0 Å². The van der Waals surface area contributed by atoms with E-state index in [0.717, 1.165) is 0 Å². The highest BCUT2D eigenvalue weighted by Crippen LogP contribution is 2.57. The number of halogens is 14. The average Bonchev–Trinajstić information content (AvgIpc) is 2.08. The second kappa shape index (κ2) is 6.16. The maximum Gasteiger partial charge on any atom is 0.387 e. The van der Waals surface area contributed by atoms with Crippen LogP contribution in [0.25, 0.3) is 0 Å². The minimum absolute atomic E-state index is 0.0882. The maximum atomic E-state index is 13.0. The van der Waals surface area contributed by atoms with Crippen molar-refractivity contribution in [2.24, 2.45) is 0 Å². The van der Waals surface area contributed by atoms with Gasteiger partial charge in [-0.25, -0.2) is 8.78 Å². The normalized spacial score (nSPS) is 16.1. The van der Waals surface area contributed by atoms with E-state index in [1.54, 1.807) is 0 Å². The van der Waals surface area contributed by atoms with E-state index in [1.165, 1.54) is 0 Å². The lowest BCUT2D eigenvalue weighted by atomic mass is 9.97. The van der Waals surface area contributed by atoms with E-state index in [9.17, 15) is 52.7 Å². The molecule has 0 aromatic heterocycles. The first kappa shape index (κ1) is 22.6. The minimum Gasteiger partial charge on any atom is -0.206 e. The first-order valence-corrected chi connectivity index (χ1v) is 6.97. The summed E-state index contributed by atoms with van der Waals surface area (Å²) in [7, 11) is 0. The van der Waals surface area contributed by atoms with Crippen LogP contribution >= 0.6 is 45.2 Å². The van der Waals surface area contributed by atoms with Crippen LogP contribution in [-0.2, 0) is 0 Å². The molecule has 0 spiro atoms. The lowest BCUT2D eigenvalue weighted by Gasteiger charge is -2.36. The molecule has 0 saturated carbocycles. The molecule has 0 nitrogen and oxygen atoms in total. The van der Waals surface area contributed by atoms with E-state index in [4.69, 9.17) is 0 Å². The zero-order valence-corrected chi connectivity index (χ0v) is 14.0. The van der Waals surface area contributed by atoms with Gasteiger partial charge in [0, 0.05) is 22.6 Å². The molecule has 134 valence electrons. The summed E-state index contributed by atoms with van der Waals surface area (Å²) in [4.78, 5) is 0. The highest BCUT2D eigenvalue weighted by molar-refractivity contribution is 14.1. The van der Waals surface area contributed by atoms with Crippen LogP contribution in [-0.4, -0.2) is 31.5 Å². The molecule has 0 unspecified atom stereocenters. The summed E-state index contributed by atoms with van der Waals surface area (Å²) in [6, 6.07) is 0. The summed E-state index contributed by atoms with van der Waals surface area (Å²) in [6.45, 7) is 0. The van der Waals surface area contributed by atoms with E-state index in [0.29, 0.717) is 0 Å².